The number of hydrogen-bond donors (Lipinski definition) is 1. The van der Waals surface area contributed by atoms with Crippen molar-refractivity contribution in [3.8, 4) is 0 Å². The third-order valence-electron chi connectivity index (χ3n) is 3.11. The number of hydrogen-bond acceptors (Lipinski definition) is 2. The van der Waals surface area contributed by atoms with Crippen molar-refractivity contribution in [3.63, 3.8) is 0 Å². The summed E-state index contributed by atoms with van der Waals surface area (Å²) >= 11 is 2.08. The molecule has 2 unspecified atom stereocenters. The third kappa shape index (κ3) is 3.90. The van der Waals surface area contributed by atoms with E-state index in [1.165, 1.54) is 43.7 Å². The monoisotopic (exact) mass is 201 g/mol. The molecule has 1 rings (SSSR count). The molecule has 0 spiro atoms. The molecule has 1 fully saturated rings. The Morgan fingerprint density at radius 3 is 2.62 bits per heavy atom. The van der Waals surface area contributed by atoms with Crippen molar-refractivity contribution in [2.75, 3.05) is 25.1 Å². The van der Waals surface area contributed by atoms with Gasteiger partial charge in [-0.25, -0.2) is 0 Å². The summed E-state index contributed by atoms with van der Waals surface area (Å²) < 4.78 is 0. The van der Waals surface area contributed by atoms with Gasteiger partial charge in [-0.05, 0) is 62.6 Å². The fraction of sp³-hybridized carbons (Fsp3) is 1.00. The van der Waals surface area contributed by atoms with E-state index in [4.69, 9.17) is 0 Å². The van der Waals surface area contributed by atoms with Gasteiger partial charge in [0.15, 0.2) is 0 Å². The first-order chi connectivity index (χ1) is 6.38. The molecule has 1 aliphatic rings. The van der Waals surface area contributed by atoms with Crippen LogP contribution in [0.5, 0.6) is 0 Å². The Kier molecular flexibility index (Phi) is 5.88. The quantitative estimate of drug-likeness (QED) is 0.636. The van der Waals surface area contributed by atoms with Gasteiger partial charge in [-0.3, -0.25) is 0 Å². The Balaban J connectivity index is 1.95. The molecule has 0 aromatic rings. The normalized spacial score (nSPS) is 27.2. The van der Waals surface area contributed by atoms with Crippen LogP contribution >= 0.6 is 11.8 Å². The molecule has 13 heavy (non-hydrogen) atoms. The van der Waals surface area contributed by atoms with Gasteiger partial charge in [0.1, 0.15) is 0 Å². The van der Waals surface area contributed by atoms with E-state index in [1.807, 2.05) is 0 Å². The summed E-state index contributed by atoms with van der Waals surface area (Å²) in [6.45, 7) is 3.49. The zero-order valence-electron chi connectivity index (χ0n) is 9.01. The van der Waals surface area contributed by atoms with Crippen LogP contribution in [0.1, 0.15) is 32.6 Å². The fourth-order valence-electron chi connectivity index (χ4n) is 2.14. The molecule has 0 aromatic carbocycles. The van der Waals surface area contributed by atoms with Gasteiger partial charge in [0.2, 0.25) is 0 Å². The first kappa shape index (κ1) is 11.4. The largest absolute Gasteiger partial charge is 0.319 e. The minimum Gasteiger partial charge on any atom is -0.319 e. The molecule has 0 amide bonds. The predicted molar refractivity (Wildman–Crippen MR) is 62.4 cm³/mol. The van der Waals surface area contributed by atoms with Crippen molar-refractivity contribution in [1.29, 1.82) is 0 Å². The maximum atomic E-state index is 3.30. The summed E-state index contributed by atoms with van der Waals surface area (Å²) in [6, 6.07) is 0. The molecule has 1 N–H and O–H groups in total. The van der Waals surface area contributed by atoms with Crippen LogP contribution in [0.15, 0.2) is 0 Å². The summed E-state index contributed by atoms with van der Waals surface area (Å²) in [5.74, 6) is 4.70. The predicted octanol–water partition coefficient (Wildman–Crippen LogP) is 2.77. The fourth-order valence-corrected chi connectivity index (χ4v) is 2.80. The Labute approximate surface area is 87.1 Å². The lowest BCUT2D eigenvalue weighted by Gasteiger charge is -2.36. The minimum absolute atomic E-state index is 0.997. The van der Waals surface area contributed by atoms with Gasteiger partial charge in [-0.15, -0.1) is 0 Å². The lowest BCUT2D eigenvalue weighted by atomic mass is 9.71. The molecule has 2 heteroatoms. The van der Waals surface area contributed by atoms with E-state index < -0.39 is 0 Å². The molecule has 1 saturated carbocycles. The van der Waals surface area contributed by atoms with Crippen LogP contribution in [0, 0.1) is 11.8 Å². The van der Waals surface area contributed by atoms with Crippen molar-refractivity contribution < 1.29 is 0 Å². The van der Waals surface area contributed by atoms with E-state index in [1.54, 1.807) is 0 Å². The van der Waals surface area contributed by atoms with Gasteiger partial charge in [-0.2, -0.15) is 11.8 Å². The van der Waals surface area contributed by atoms with E-state index >= 15 is 0 Å². The van der Waals surface area contributed by atoms with Gasteiger partial charge >= 0.3 is 0 Å². The molecular formula is C11H23NS. The van der Waals surface area contributed by atoms with Crippen LogP contribution in [0.25, 0.3) is 0 Å². The molecule has 0 radical (unpaired) electrons. The molecule has 0 saturated heterocycles. The van der Waals surface area contributed by atoms with Crippen molar-refractivity contribution in [2.24, 2.45) is 11.8 Å². The Morgan fingerprint density at radius 2 is 2.08 bits per heavy atom. The average molecular weight is 201 g/mol. The smallest absolute Gasteiger partial charge is 0.00209 e. The molecule has 0 aromatic heterocycles. The highest BCUT2D eigenvalue weighted by molar-refractivity contribution is 7.99. The van der Waals surface area contributed by atoms with E-state index in [0.29, 0.717) is 0 Å². The summed E-state index contributed by atoms with van der Waals surface area (Å²) in [5, 5.41) is 3.30. The number of thioether (sulfide) groups is 1. The van der Waals surface area contributed by atoms with Crippen LogP contribution in [-0.2, 0) is 0 Å². The standard InChI is InChI=1S/C11H23NS/c1-3-13-8-4-5-10-6-7-11(10)9-12-2/h10-12H,3-9H2,1-2H3. The molecule has 1 nitrogen and oxygen atoms in total. The maximum absolute atomic E-state index is 3.30. The first-order valence-electron chi connectivity index (χ1n) is 5.60. The van der Waals surface area contributed by atoms with Gasteiger partial charge in [0.25, 0.3) is 0 Å². The second-order valence-electron chi connectivity index (χ2n) is 3.99. The molecule has 78 valence electrons. The van der Waals surface area contributed by atoms with Crippen molar-refractivity contribution >= 4 is 11.8 Å². The highest BCUT2D eigenvalue weighted by atomic mass is 32.2. The van der Waals surface area contributed by atoms with Crippen LogP contribution in [0.3, 0.4) is 0 Å². The third-order valence-corrected chi connectivity index (χ3v) is 4.09. The summed E-state index contributed by atoms with van der Waals surface area (Å²) in [4.78, 5) is 0. The van der Waals surface area contributed by atoms with Crippen LogP contribution in [0.2, 0.25) is 0 Å². The van der Waals surface area contributed by atoms with Gasteiger partial charge in [0, 0.05) is 0 Å². The van der Waals surface area contributed by atoms with Gasteiger partial charge in [0.05, 0.1) is 0 Å². The molecule has 0 heterocycles. The first-order valence-corrected chi connectivity index (χ1v) is 6.76. The van der Waals surface area contributed by atoms with Gasteiger partial charge in [-0.1, -0.05) is 6.92 Å². The summed E-state index contributed by atoms with van der Waals surface area (Å²) in [6.07, 6.45) is 5.86. The van der Waals surface area contributed by atoms with Crippen LogP contribution < -0.4 is 5.32 Å². The van der Waals surface area contributed by atoms with E-state index in [0.717, 1.165) is 11.8 Å². The maximum Gasteiger partial charge on any atom is -0.00209 e. The Hall–Kier alpha value is 0.310. The Bertz CT molecular complexity index is 127. The zero-order chi connectivity index (χ0) is 9.52. The highest BCUT2D eigenvalue weighted by Crippen LogP contribution is 2.37. The summed E-state index contributed by atoms with van der Waals surface area (Å²) in [5.41, 5.74) is 0. The summed E-state index contributed by atoms with van der Waals surface area (Å²) in [7, 11) is 2.07. The molecule has 1 aliphatic carbocycles. The molecule has 0 bridgehead atoms. The van der Waals surface area contributed by atoms with Crippen molar-refractivity contribution in [2.45, 2.75) is 32.6 Å². The van der Waals surface area contributed by atoms with Gasteiger partial charge < -0.3 is 5.32 Å². The second-order valence-corrected chi connectivity index (χ2v) is 5.39. The number of rotatable bonds is 7. The lowest BCUT2D eigenvalue weighted by molar-refractivity contribution is 0.162. The number of nitrogens with one attached hydrogen (secondary N) is 1. The van der Waals surface area contributed by atoms with Crippen LogP contribution in [0.4, 0.5) is 0 Å². The lowest BCUT2D eigenvalue weighted by Crippen LogP contribution is -2.33. The van der Waals surface area contributed by atoms with Crippen molar-refractivity contribution in [1.82, 2.24) is 5.32 Å². The average Bonchev–Trinajstić information content (AvgIpc) is 2.12. The SMILES string of the molecule is CCSCCCC1CCC1CNC. The zero-order valence-corrected chi connectivity index (χ0v) is 9.83. The Morgan fingerprint density at radius 1 is 1.31 bits per heavy atom. The van der Waals surface area contributed by atoms with E-state index in [9.17, 15) is 0 Å². The van der Waals surface area contributed by atoms with E-state index in [2.05, 4.69) is 31.1 Å². The van der Waals surface area contributed by atoms with Crippen LogP contribution in [-0.4, -0.2) is 25.1 Å². The second kappa shape index (κ2) is 6.72. The molecule has 2 atom stereocenters. The topological polar surface area (TPSA) is 12.0 Å². The minimum atomic E-state index is 0.997. The highest BCUT2D eigenvalue weighted by Gasteiger charge is 2.28. The molecular weight excluding hydrogens is 178 g/mol. The van der Waals surface area contributed by atoms with Crippen molar-refractivity contribution in [3.05, 3.63) is 0 Å². The van der Waals surface area contributed by atoms with E-state index in [-0.39, 0.29) is 0 Å². The molecule has 0 aliphatic heterocycles.